The standard InChI is InChI=1S/C17H22N4O.C9H13N5/c1-20-10-15-16(5-2-12(11-22)17(15)19-20)21-8-6-14(7-9-21)18-13-3-4-13;1-11-8-3-6(4-10)9-7(12-8)5-14(2)13-9/h2,5,10-11,13-14,18H,3-4,6-9H2,1H3;3,5H,4,10H2,1-2H3,(H,11,12). The largest absolute Gasteiger partial charge is 0.373 e. The van der Waals surface area contributed by atoms with E-state index in [4.69, 9.17) is 5.73 Å². The van der Waals surface area contributed by atoms with Crippen molar-refractivity contribution in [2.24, 2.45) is 19.8 Å². The van der Waals surface area contributed by atoms with Crippen LogP contribution in [0, 0.1) is 0 Å². The number of nitrogens with one attached hydrogen (secondary N) is 2. The van der Waals surface area contributed by atoms with Gasteiger partial charge in [-0.2, -0.15) is 10.2 Å². The summed E-state index contributed by atoms with van der Waals surface area (Å²) in [5, 5.41) is 16.6. The maximum atomic E-state index is 11.2. The Morgan fingerprint density at radius 1 is 1.03 bits per heavy atom. The Balaban J connectivity index is 0.000000165. The first-order valence-corrected chi connectivity index (χ1v) is 12.6. The second-order valence-electron chi connectivity index (χ2n) is 9.72. The van der Waals surface area contributed by atoms with Crippen LogP contribution in [0.2, 0.25) is 0 Å². The smallest absolute Gasteiger partial charge is 0.152 e. The number of nitrogens with zero attached hydrogens (tertiary/aromatic N) is 6. The summed E-state index contributed by atoms with van der Waals surface area (Å²) in [4.78, 5) is 18.0. The van der Waals surface area contributed by atoms with Gasteiger partial charge >= 0.3 is 0 Å². The molecule has 0 spiro atoms. The average Bonchev–Trinajstić information content (AvgIpc) is 3.48. The second kappa shape index (κ2) is 10.2. The Labute approximate surface area is 210 Å². The van der Waals surface area contributed by atoms with Crippen molar-refractivity contribution < 1.29 is 4.79 Å². The Hall–Kier alpha value is -3.50. The second-order valence-corrected chi connectivity index (χ2v) is 9.72. The van der Waals surface area contributed by atoms with Gasteiger partial charge in [0.25, 0.3) is 0 Å². The Morgan fingerprint density at radius 2 is 1.72 bits per heavy atom. The zero-order chi connectivity index (χ0) is 25.2. The maximum Gasteiger partial charge on any atom is 0.152 e. The quantitative estimate of drug-likeness (QED) is 0.354. The van der Waals surface area contributed by atoms with E-state index < -0.39 is 0 Å². The molecule has 3 aromatic heterocycles. The Bertz CT molecular complexity index is 1360. The van der Waals surface area contributed by atoms with Gasteiger partial charge in [-0.25, -0.2) is 4.98 Å². The van der Waals surface area contributed by atoms with E-state index in [1.807, 2.05) is 45.7 Å². The van der Waals surface area contributed by atoms with Crippen molar-refractivity contribution in [3.63, 3.8) is 0 Å². The van der Waals surface area contributed by atoms with Gasteiger partial charge in [0.2, 0.25) is 0 Å². The summed E-state index contributed by atoms with van der Waals surface area (Å²) in [6.45, 7) is 2.61. The van der Waals surface area contributed by atoms with Gasteiger partial charge in [-0.3, -0.25) is 14.2 Å². The summed E-state index contributed by atoms with van der Waals surface area (Å²) in [6.07, 6.45) is 9.88. The van der Waals surface area contributed by atoms with Gasteiger partial charge in [0.05, 0.1) is 6.20 Å². The lowest BCUT2D eigenvalue weighted by molar-refractivity contribution is 0.112. The molecule has 2 aliphatic rings. The zero-order valence-corrected chi connectivity index (χ0v) is 21.2. The van der Waals surface area contributed by atoms with E-state index in [-0.39, 0.29) is 0 Å². The summed E-state index contributed by atoms with van der Waals surface area (Å²) >= 11 is 0. The molecule has 36 heavy (non-hydrogen) atoms. The predicted molar refractivity (Wildman–Crippen MR) is 143 cm³/mol. The van der Waals surface area contributed by atoms with Crippen molar-refractivity contribution in [3.8, 4) is 0 Å². The van der Waals surface area contributed by atoms with Crippen molar-refractivity contribution in [3.05, 3.63) is 41.7 Å². The monoisotopic (exact) mass is 489 g/mol. The molecule has 4 aromatic rings. The Kier molecular flexibility index (Phi) is 6.88. The van der Waals surface area contributed by atoms with E-state index in [1.165, 1.54) is 31.4 Å². The summed E-state index contributed by atoms with van der Waals surface area (Å²) in [5.74, 6) is 0.825. The third kappa shape index (κ3) is 5.05. The number of anilines is 2. The predicted octanol–water partition coefficient (Wildman–Crippen LogP) is 2.58. The molecule has 6 rings (SSSR count). The summed E-state index contributed by atoms with van der Waals surface area (Å²) in [7, 11) is 5.62. The molecule has 0 radical (unpaired) electrons. The first kappa shape index (κ1) is 24.2. The van der Waals surface area contributed by atoms with Crippen LogP contribution in [0.1, 0.15) is 41.6 Å². The van der Waals surface area contributed by atoms with Gasteiger partial charge in [-0.1, -0.05) is 0 Å². The topological polar surface area (TPSA) is 119 Å². The molecule has 1 aliphatic heterocycles. The molecular weight excluding hydrogens is 454 g/mol. The maximum absolute atomic E-state index is 11.2. The van der Waals surface area contributed by atoms with Crippen LogP contribution in [0.25, 0.3) is 21.9 Å². The van der Waals surface area contributed by atoms with Gasteiger partial charge < -0.3 is 21.3 Å². The first-order valence-electron chi connectivity index (χ1n) is 12.6. The molecule has 0 unspecified atom stereocenters. The molecule has 1 saturated carbocycles. The number of fused-ring (bicyclic) bond motifs is 2. The molecule has 0 atom stereocenters. The fraction of sp³-hybridized carbons (Fsp3) is 0.462. The van der Waals surface area contributed by atoms with E-state index in [1.54, 1.807) is 9.36 Å². The van der Waals surface area contributed by atoms with Crippen LogP contribution < -0.4 is 21.3 Å². The molecule has 2 fully saturated rings. The lowest BCUT2D eigenvalue weighted by Crippen LogP contribution is -2.43. The molecule has 1 aromatic carbocycles. The zero-order valence-electron chi connectivity index (χ0n) is 21.2. The molecule has 4 heterocycles. The highest BCUT2D eigenvalue weighted by molar-refractivity contribution is 6.01. The molecule has 10 nitrogen and oxygen atoms in total. The third-order valence-electron chi connectivity index (χ3n) is 6.95. The number of aryl methyl sites for hydroxylation is 2. The number of aromatic nitrogens is 5. The van der Waals surface area contributed by atoms with Crippen molar-refractivity contribution in [2.45, 2.75) is 44.3 Å². The lowest BCUT2D eigenvalue weighted by Gasteiger charge is -2.34. The number of aldehydes is 1. The minimum atomic E-state index is 0.477. The minimum Gasteiger partial charge on any atom is -0.373 e. The molecule has 190 valence electrons. The van der Waals surface area contributed by atoms with Gasteiger partial charge in [0, 0.05) is 75.7 Å². The van der Waals surface area contributed by atoms with Crippen LogP contribution in [-0.2, 0) is 20.6 Å². The normalized spacial score (nSPS) is 16.3. The number of hydrogen-bond acceptors (Lipinski definition) is 8. The number of nitrogens with two attached hydrogens (primary N) is 1. The number of rotatable bonds is 6. The van der Waals surface area contributed by atoms with Gasteiger partial charge in [-0.05, 0) is 49.4 Å². The fourth-order valence-corrected chi connectivity index (χ4v) is 4.93. The van der Waals surface area contributed by atoms with Gasteiger partial charge in [-0.15, -0.1) is 0 Å². The third-order valence-corrected chi connectivity index (χ3v) is 6.95. The van der Waals surface area contributed by atoms with Crippen molar-refractivity contribution >= 4 is 39.7 Å². The van der Waals surface area contributed by atoms with E-state index in [0.717, 1.165) is 58.7 Å². The highest BCUT2D eigenvalue weighted by Crippen LogP contribution is 2.31. The lowest BCUT2D eigenvalue weighted by atomic mass is 10.0. The number of piperidine rings is 1. The first-order chi connectivity index (χ1) is 17.5. The van der Waals surface area contributed by atoms with Crippen molar-refractivity contribution in [2.75, 3.05) is 30.4 Å². The van der Waals surface area contributed by atoms with E-state index in [9.17, 15) is 4.79 Å². The number of hydrogen-bond donors (Lipinski definition) is 3. The van der Waals surface area contributed by atoms with Crippen LogP contribution in [-0.4, -0.2) is 63.1 Å². The molecular formula is C26H35N9O. The van der Waals surface area contributed by atoms with Gasteiger partial charge in [0.1, 0.15) is 22.4 Å². The van der Waals surface area contributed by atoms with Crippen LogP contribution in [0.5, 0.6) is 0 Å². The van der Waals surface area contributed by atoms with Crippen LogP contribution in [0.3, 0.4) is 0 Å². The van der Waals surface area contributed by atoms with E-state index in [2.05, 4.69) is 36.8 Å². The molecule has 1 saturated heterocycles. The molecule has 10 heteroatoms. The number of carbonyl (C=O) groups excluding carboxylic acids is 1. The highest BCUT2D eigenvalue weighted by Gasteiger charge is 2.27. The van der Waals surface area contributed by atoms with E-state index in [0.29, 0.717) is 18.2 Å². The summed E-state index contributed by atoms with van der Waals surface area (Å²) in [6, 6.07) is 7.35. The molecule has 0 bridgehead atoms. The molecule has 1 aliphatic carbocycles. The fourth-order valence-electron chi connectivity index (χ4n) is 4.93. The SMILES string of the molecule is CNc1cc(CN)c2nn(C)cc2n1.Cn1cc2c(N3CCC(NC4CC4)CC3)ccc(C=O)c2n1. The number of carbonyl (C=O) groups is 1. The van der Waals surface area contributed by atoms with Crippen LogP contribution >= 0.6 is 0 Å². The van der Waals surface area contributed by atoms with Crippen LogP contribution in [0.4, 0.5) is 11.5 Å². The minimum absolute atomic E-state index is 0.477. The number of pyridine rings is 1. The number of benzene rings is 1. The Morgan fingerprint density at radius 3 is 2.39 bits per heavy atom. The average molecular weight is 490 g/mol. The van der Waals surface area contributed by atoms with Gasteiger partial charge in [0.15, 0.2) is 6.29 Å². The van der Waals surface area contributed by atoms with Crippen LogP contribution in [0.15, 0.2) is 30.6 Å². The van der Waals surface area contributed by atoms with Crippen molar-refractivity contribution in [1.82, 2.24) is 29.9 Å². The highest BCUT2D eigenvalue weighted by atomic mass is 16.1. The summed E-state index contributed by atoms with van der Waals surface area (Å²) < 4.78 is 3.54. The van der Waals surface area contributed by atoms with E-state index >= 15 is 0 Å². The van der Waals surface area contributed by atoms with Crippen molar-refractivity contribution in [1.29, 1.82) is 0 Å². The molecule has 4 N–H and O–H groups in total. The molecule has 0 amide bonds. The summed E-state index contributed by atoms with van der Waals surface area (Å²) in [5.41, 5.74) is 11.1.